The molecule has 5 aromatic rings. The average Bonchev–Trinajstić information content (AvgIpc) is 3.65. The van der Waals surface area contributed by atoms with Gasteiger partial charge in [0.25, 0.3) is 0 Å². The standard InChI is InChI=1S/C26H20F3N7OS/c1-15-21(25-33-22(17-5-3-2-4-6-17)23(38-25)24-31-14-32-34-24)19-11-18(9-10-36(19)35-15)37-13-16-7-8-20(30-12-16)26(27,28)29/h2-8,11-12,14H,9-10,13H2,1H3,(H,31,32,34). The summed E-state index contributed by atoms with van der Waals surface area (Å²) in [6, 6.07) is 12.2. The molecule has 192 valence electrons. The van der Waals surface area contributed by atoms with Crippen molar-refractivity contribution in [2.75, 3.05) is 0 Å². The number of hydrogen-bond donors (Lipinski definition) is 1. The number of halogens is 3. The number of nitrogens with one attached hydrogen (secondary N) is 1. The van der Waals surface area contributed by atoms with Crippen molar-refractivity contribution in [3.63, 3.8) is 0 Å². The van der Waals surface area contributed by atoms with Gasteiger partial charge in [-0.2, -0.15) is 23.4 Å². The number of pyridine rings is 1. The molecule has 8 nitrogen and oxygen atoms in total. The van der Waals surface area contributed by atoms with E-state index in [2.05, 4.69) is 20.2 Å². The molecule has 0 spiro atoms. The molecule has 1 N–H and O–H groups in total. The van der Waals surface area contributed by atoms with Gasteiger partial charge in [-0.15, -0.1) is 11.3 Å². The molecule has 0 aliphatic carbocycles. The van der Waals surface area contributed by atoms with Crippen molar-refractivity contribution < 1.29 is 17.9 Å². The van der Waals surface area contributed by atoms with Gasteiger partial charge in [-0.3, -0.25) is 14.8 Å². The summed E-state index contributed by atoms with van der Waals surface area (Å²) in [5.41, 5.74) is 3.96. The fraction of sp³-hybridized carbons (Fsp3) is 0.192. The second kappa shape index (κ2) is 9.53. The fourth-order valence-corrected chi connectivity index (χ4v) is 5.41. The Hall–Kier alpha value is -4.32. The Morgan fingerprint density at radius 2 is 1.95 bits per heavy atom. The van der Waals surface area contributed by atoms with Crippen LogP contribution in [-0.2, 0) is 24.1 Å². The van der Waals surface area contributed by atoms with Crippen molar-refractivity contribution in [2.24, 2.45) is 0 Å². The van der Waals surface area contributed by atoms with Crippen LogP contribution in [0.2, 0.25) is 0 Å². The van der Waals surface area contributed by atoms with Gasteiger partial charge in [-0.05, 0) is 13.0 Å². The molecule has 12 heteroatoms. The number of aryl methyl sites for hydroxylation is 2. The largest absolute Gasteiger partial charge is 0.493 e. The number of alkyl halides is 3. The van der Waals surface area contributed by atoms with Gasteiger partial charge >= 0.3 is 6.18 Å². The Balaban J connectivity index is 1.32. The topological polar surface area (TPSA) is 94.4 Å². The summed E-state index contributed by atoms with van der Waals surface area (Å²) >= 11 is 1.49. The highest BCUT2D eigenvalue weighted by atomic mass is 32.1. The summed E-state index contributed by atoms with van der Waals surface area (Å²) in [6.45, 7) is 2.67. The van der Waals surface area contributed by atoms with Gasteiger partial charge in [0.05, 0.1) is 22.6 Å². The zero-order valence-electron chi connectivity index (χ0n) is 20.0. The third-order valence-corrected chi connectivity index (χ3v) is 7.15. The average molecular weight is 536 g/mol. The minimum atomic E-state index is -4.47. The van der Waals surface area contributed by atoms with Crippen LogP contribution >= 0.6 is 11.3 Å². The molecule has 1 aromatic carbocycles. The Morgan fingerprint density at radius 1 is 1.11 bits per heavy atom. The molecular weight excluding hydrogens is 515 g/mol. The Morgan fingerprint density at radius 3 is 2.66 bits per heavy atom. The first-order valence-corrected chi connectivity index (χ1v) is 12.5. The SMILES string of the molecule is Cc1nn2c(c1-c1nc(-c3ccccc3)c(-c3nc[nH]n3)s1)C=C(OCc1ccc(C(F)(F)F)nc1)CC2. The van der Waals surface area contributed by atoms with Gasteiger partial charge in [0.15, 0.2) is 5.82 Å². The summed E-state index contributed by atoms with van der Waals surface area (Å²) in [4.78, 5) is 13.7. The smallest absolute Gasteiger partial charge is 0.433 e. The van der Waals surface area contributed by atoms with Crippen molar-refractivity contribution >= 4 is 17.4 Å². The number of fused-ring (bicyclic) bond motifs is 1. The molecule has 4 aromatic heterocycles. The van der Waals surface area contributed by atoms with Gasteiger partial charge in [0.1, 0.15) is 34.3 Å². The monoisotopic (exact) mass is 535 g/mol. The lowest BCUT2D eigenvalue weighted by atomic mass is 10.1. The first kappa shape index (κ1) is 24.0. The maximum atomic E-state index is 12.8. The van der Waals surface area contributed by atoms with Crippen LogP contribution in [0.3, 0.4) is 0 Å². The number of H-pyrrole nitrogens is 1. The van der Waals surface area contributed by atoms with Gasteiger partial charge in [0, 0.05) is 36.4 Å². The summed E-state index contributed by atoms with van der Waals surface area (Å²) < 4.78 is 46.3. The third kappa shape index (κ3) is 4.58. The second-order valence-corrected chi connectivity index (χ2v) is 9.65. The lowest BCUT2D eigenvalue weighted by molar-refractivity contribution is -0.141. The van der Waals surface area contributed by atoms with E-state index in [0.29, 0.717) is 30.1 Å². The van der Waals surface area contributed by atoms with Crippen molar-refractivity contribution in [1.82, 2.24) is 34.9 Å². The Kier molecular flexibility index (Phi) is 6.03. The highest BCUT2D eigenvalue weighted by Crippen LogP contribution is 2.42. The quantitative estimate of drug-likeness (QED) is 0.281. The minimum absolute atomic E-state index is 0.115. The molecule has 0 saturated heterocycles. The molecule has 0 unspecified atom stereocenters. The van der Waals surface area contributed by atoms with Crippen LogP contribution in [0.25, 0.3) is 38.6 Å². The highest BCUT2D eigenvalue weighted by Gasteiger charge is 2.32. The van der Waals surface area contributed by atoms with E-state index >= 15 is 0 Å². The number of benzene rings is 1. The summed E-state index contributed by atoms with van der Waals surface area (Å²) in [5, 5.41) is 12.5. The van der Waals surface area contributed by atoms with E-state index in [1.807, 2.05) is 48.0 Å². The predicted octanol–water partition coefficient (Wildman–Crippen LogP) is 6.14. The molecule has 0 saturated carbocycles. The zero-order valence-corrected chi connectivity index (χ0v) is 20.8. The maximum Gasteiger partial charge on any atom is 0.433 e. The zero-order chi connectivity index (χ0) is 26.3. The molecule has 0 amide bonds. The number of aromatic amines is 1. The van der Waals surface area contributed by atoms with E-state index in [1.54, 1.807) is 0 Å². The summed E-state index contributed by atoms with van der Waals surface area (Å²) in [6.07, 6.45) is 0.789. The number of thiazole rings is 1. The van der Waals surface area contributed by atoms with Crippen molar-refractivity contribution in [3.05, 3.63) is 83.4 Å². The first-order chi connectivity index (χ1) is 18.4. The molecule has 0 radical (unpaired) electrons. The molecule has 0 fully saturated rings. The van der Waals surface area contributed by atoms with Gasteiger partial charge in [-0.1, -0.05) is 36.4 Å². The van der Waals surface area contributed by atoms with Crippen LogP contribution in [-0.4, -0.2) is 34.9 Å². The van der Waals surface area contributed by atoms with E-state index in [4.69, 9.17) is 14.8 Å². The van der Waals surface area contributed by atoms with Gasteiger partial charge < -0.3 is 4.74 Å². The minimum Gasteiger partial charge on any atom is -0.493 e. The van der Waals surface area contributed by atoms with E-state index < -0.39 is 11.9 Å². The number of aromatic nitrogens is 7. The molecule has 0 atom stereocenters. The molecule has 5 heterocycles. The Bertz CT molecular complexity index is 1610. The molecular formula is C26H20F3N7OS. The van der Waals surface area contributed by atoms with E-state index in [9.17, 15) is 13.2 Å². The maximum absolute atomic E-state index is 12.8. The van der Waals surface area contributed by atoms with Crippen LogP contribution in [0.15, 0.2) is 60.7 Å². The number of ether oxygens (including phenoxy) is 1. The lowest BCUT2D eigenvalue weighted by Gasteiger charge is -2.17. The van der Waals surface area contributed by atoms with Crippen molar-refractivity contribution in [2.45, 2.75) is 32.7 Å². The summed E-state index contributed by atoms with van der Waals surface area (Å²) in [5.74, 6) is 1.28. The van der Waals surface area contributed by atoms with Crippen LogP contribution in [0.5, 0.6) is 0 Å². The summed E-state index contributed by atoms with van der Waals surface area (Å²) in [7, 11) is 0. The van der Waals surface area contributed by atoms with Gasteiger partial charge in [-0.25, -0.2) is 9.97 Å². The molecule has 1 aliphatic heterocycles. The molecule has 0 bridgehead atoms. The second-order valence-electron chi connectivity index (χ2n) is 8.65. The lowest BCUT2D eigenvalue weighted by Crippen LogP contribution is -2.11. The predicted molar refractivity (Wildman–Crippen MR) is 136 cm³/mol. The molecule has 1 aliphatic rings. The van der Waals surface area contributed by atoms with Crippen molar-refractivity contribution in [1.29, 1.82) is 0 Å². The highest BCUT2D eigenvalue weighted by molar-refractivity contribution is 7.18. The van der Waals surface area contributed by atoms with Crippen LogP contribution in [0.4, 0.5) is 13.2 Å². The number of rotatable bonds is 6. The van der Waals surface area contributed by atoms with Crippen LogP contribution in [0, 0.1) is 6.92 Å². The Labute approximate surface area is 218 Å². The van der Waals surface area contributed by atoms with E-state index in [0.717, 1.165) is 44.2 Å². The number of allylic oxidation sites excluding steroid dienone is 1. The first-order valence-electron chi connectivity index (χ1n) is 11.7. The normalized spacial score (nSPS) is 13.3. The van der Waals surface area contributed by atoms with Crippen molar-refractivity contribution in [3.8, 4) is 32.5 Å². The molecule has 6 rings (SSSR count). The van der Waals surface area contributed by atoms with Crippen LogP contribution < -0.4 is 0 Å². The fourth-order valence-electron chi connectivity index (χ4n) is 4.28. The number of hydrogen-bond acceptors (Lipinski definition) is 7. The van der Waals surface area contributed by atoms with Crippen LogP contribution in [0.1, 0.15) is 29.1 Å². The van der Waals surface area contributed by atoms with E-state index in [-0.39, 0.29) is 6.61 Å². The number of nitrogens with zero attached hydrogens (tertiary/aromatic N) is 6. The van der Waals surface area contributed by atoms with E-state index in [1.165, 1.54) is 29.9 Å². The third-order valence-electron chi connectivity index (χ3n) is 6.08. The molecule has 38 heavy (non-hydrogen) atoms. The van der Waals surface area contributed by atoms with Gasteiger partial charge in [0.2, 0.25) is 0 Å².